The molecule has 0 bridgehead atoms. The Hall–Kier alpha value is -2.12. The number of rotatable bonds is 6. The molecular weight excluding hydrogens is 342 g/mol. The number of furan rings is 1. The molecule has 27 heavy (non-hydrogen) atoms. The standard InChI is InChI=1S/C20H29N5O2/c1-3-24-9-11-25(12-10-24)8-4-7-21-20(26)19-14(2)17-16(27-19)6-5-15-13-22-23-18(15)17/h13H,3-12H2,1-2H3,(H,21,26)(H,22,23). The van der Waals surface area contributed by atoms with Crippen molar-refractivity contribution in [1.29, 1.82) is 0 Å². The van der Waals surface area contributed by atoms with E-state index in [2.05, 4.69) is 32.2 Å². The molecule has 1 aliphatic heterocycles. The fourth-order valence-corrected chi connectivity index (χ4v) is 4.17. The third-order valence-corrected chi connectivity index (χ3v) is 5.86. The Morgan fingerprint density at radius 2 is 2.04 bits per heavy atom. The Balaban J connectivity index is 1.30. The van der Waals surface area contributed by atoms with Gasteiger partial charge >= 0.3 is 0 Å². The maximum Gasteiger partial charge on any atom is 0.287 e. The first-order valence-corrected chi connectivity index (χ1v) is 10.0. The Bertz CT molecular complexity index is 801. The molecule has 2 N–H and O–H groups in total. The molecule has 7 heteroatoms. The van der Waals surface area contributed by atoms with E-state index in [1.165, 1.54) is 5.56 Å². The number of aromatic nitrogens is 2. The molecule has 0 spiro atoms. The zero-order chi connectivity index (χ0) is 18.8. The SMILES string of the molecule is CCN1CCN(CCCNC(=O)c2oc3c(c2C)-c2[nH]ncc2CC3)CC1. The van der Waals surface area contributed by atoms with Crippen LogP contribution in [0.1, 0.15) is 40.8 Å². The van der Waals surface area contributed by atoms with Gasteiger partial charge in [-0.2, -0.15) is 5.10 Å². The largest absolute Gasteiger partial charge is 0.455 e. The second-order valence-corrected chi connectivity index (χ2v) is 7.51. The van der Waals surface area contributed by atoms with Gasteiger partial charge < -0.3 is 19.5 Å². The third kappa shape index (κ3) is 3.66. The average molecular weight is 371 g/mol. The van der Waals surface area contributed by atoms with Gasteiger partial charge in [0, 0.05) is 50.3 Å². The zero-order valence-electron chi connectivity index (χ0n) is 16.3. The van der Waals surface area contributed by atoms with Crippen LogP contribution in [0, 0.1) is 6.92 Å². The molecule has 1 amide bonds. The first kappa shape index (κ1) is 18.3. The maximum atomic E-state index is 12.6. The van der Waals surface area contributed by atoms with E-state index in [4.69, 9.17) is 4.42 Å². The molecule has 3 heterocycles. The van der Waals surface area contributed by atoms with E-state index in [1.807, 2.05) is 13.1 Å². The van der Waals surface area contributed by atoms with Crippen molar-refractivity contribution in [3.63, 3.8) is 0 Å². The fraction of sp³-hybridized carbons (Fsp3) is 0.600. The van der Waals surface area contributed by atoms with Crippen LogP contribution in [-0.4, -0.2) is 71.7 Å². The average Bonchev–Trinajstić information content (AvgIpc) is 3.29. The van der Waals surface area contributed by atoms with E-state index in [-0.39, 0.29) is 5.91 Å². The predicted molar refractivity (Wildman–Crippen MR) is 104 cm³/mol. The van der Waals surface area contributed by atoms with Crippen molar-refractivity contribution >= 4 is 5.91 Å². The fourth-order valence-electron chi connectivity index (χ4n) is 4.17. The first-order valence-electron chi connectivity index (χ1n) is 10.0. The van der Waals surface area contributed by atoms with Gasteiger partial charge in [0.1, 0.15) is 5.76 Å². The molecule has 7 nitrogen and oxygen atoms in total. The van der Waals surface area contributed by atoms with Gasteiger partial charge in [0.15, 0.2) is 5.76 Å². The number of nitrogens with one attached hydrogen (secondary N) is 2. The number of hydrogen-bond acceptors (Lipinski definition) is 5. The Morgan fingerprint density at radius 3 is 2.81 bits per heavy atom. The van der Waals surface area contributed by atoms with E-state index < -0.39 is 0 Å². The summed E-state index contributed by atoms with van der Waals surface area (Å²) in [5, 5.41) is 10.2. The Kier molecular flexibility index (Phi) is 5.31. The summed E-state index contributed by atoms with van der Waals surface area (Å²) in [4.78, 5) is 17.6. The van der Waals surface area contributed by atoms with Gasteiger partial charge in [0.2, 0.25) is 0 Å². The minimum atomic E-state index is -0.112. The van der Waals surface area contributed by atoms with E-state index in [9.17, 15) is 4.79 Å². The number of carbonyl (C=O) groups excluding carboxylic acids is 1. The van der Waals surface area contributed by atoms with Crippen molar-refractivity contribution in [3.05, 3.63) is 28.8 Å². The highest BCUT2D eigenvalue weighted by Gasteiger charge is 2.28. The van der Waals surface area contributed by atoms with Crippen LogP contribution in [0.2, 0.25) is 0 Å². The molecule has 1 aliphatic carbocycles. The summed E-state index contributed by atoms with van der Waals surface area (Å²) in [6.07, 6.45) is 4.55. The highest BCUT2D eigenvalue weighted by Crippen LogP contribution is 2.37. The van der Waals surface area contributed by atoms with Gasteiger partial charge in [0.05, 0.1) is 11.9 Å². The van der Waals surface area contributed by atoms with Crippen LogP contribution >= 0.6 is 0 Å². The number of carbonyl (C=O) groups is 1. The van der Waals surface area contributed by atoms with Crippen molar-refractivity contribution in [2.75, 3.05) is 45.8 Å². The smallest absolute Gasteiger partial charge is 0.287 e. The molecule has 0 saturated carbocycles. The molecule has 0 atom stereocenters. The quantitative estimate of drug-likeness (QED) is 0.758. The van der Waals surface area contributed by atoms with Gasteiger partial charge in [0.25, 0.3) is 5.91 Å². The van der Waals surface area contributed by atoms with Crippen molar-refractivity contribution < 1.29 is 9.21 Å². The predicted octanol–water partition coefficient (Wildman–Crippen LogP) is 1.83. The number of fused-ring (bicyclic) bond motifs is 3. The molecule has 146 valence electrons. The number of hydrogen-bond donors (Lipinski definition) is 2. The van der Waals surface area contributed by atoms with E-state index >= 15 is 0 Å². The molecule has 1 fully saturated rings. The van der Waals surface area contributed by atoms with Crippen LogP contribution in [0.15, 0.2) is 10.6 Å². The molecule has 2 aromatic heterocycles. The topological polar surface area (TPSA) is 77.4 Å². The molecule has 0 radical (unpaired) electrons. The van der Waals surface area contributed by atoms with Gasteiger partial charge in [-0.05, 0) is 38.4 Å². The van der Waals surface area contributed by atoms with Crippen LogP contribution in [0.3, 0.4) is 0 Å². The molecule has 0 aromatic carbocycles. The second kappa shape index (κ2) is 7.86. The summed E-state index contributed by atoms with van der Waals surface area (Å²) in [6.45, 7) is 11.6. The zero-order valence-corrected chi connectivity index (χ0v) is 16.3. The number of amides is 1. The lowest BCUT2D eigenvalue weighted by atomic mass is 9.93. The number of piperazine rings is 1. The van der Waals surface area contributed by atoms with Gasteiger partial charge in [-0.1, -0.05) is 6.92 Å². The monoisotopic (exact) mass is 371 g/mol. The highest BCUT2D eigenvalue weighted by molar-refractivity contribution is 5.95. The lowest BCUT2D eigenvalue weighted by Crippen LogP contribution is -2.46. The highest BCUT2D eigenvalue weighted by atomic mass is 16.4. The molecule has 2 aromatic rings. The minimum Gasteiger partial charge on any atom is -0.455 e. The summed E-state index contributed by atoms with van der Waals surface area (Å²) in [6, 6.07) is 0. The lowest BCUT2D eigenvalue weighted by molar-refractivity contribution is 0.0918. The van der Waals surface area contributed by atoms with E-state index in [1.54, 1.807) is 0 Å². The molecule has 2 aliphatic rings. The number of aryl methyl sites for hydroxylation is 2. The first-order chi connectivity index (χ1) is 13.2. The number of nitrogens with zero attached hydrogens (tertiary/aromatic N) is 3. The van der Waals surface area contributed by atoms with Crippen LogP contribution < -0.4 is 5.32 Å². The minimum absolute atomic E-state index is 0.112. The Morgan fingerprint density at radius 1 is 1.26 bits per heavy atom. The molecule has 1 saturated heterocycles. The van der Waals surface area contributed by atoms with Crippen LogP contribution in [0.4, 0.5) is 0 Å². The van der Waals surface area contributed by atoms with Gasteiger partial charge in [-0.15, -0.1) is 0 Å². The van der Waals surface area contributed by atoms with Crippen molar-refractivity contribution in [3.8, 4) is 11.3 Å². The van der Waals surface area contributed by atoms with Crippen LogP contribution in [-0.2, 0) is 12.8 Å². The normalized spacial score (nSPS) is 17.6. The second-order valence-electron chi connectivity index (χ2n) is 7.51. The summed E-state index contributed by atoms with van der Waals surface area (Å²) in [7, 11) is 0. The van der Waals surface area contributed by atoms with Crippen molar-refractivity contribution in [2.24, 2.45) is 0 Å². The summed E-state index contributed by atoms with van der Waals surface area (Å²) in [5.41, 5.74) is 4.13. The van der Waals surface area contributed by atoms with Crippen molar-refractivity contribution in [1.82, 2.24) is 25.3 Å². The number of aromatic amines is 1. The lowest BCUT2D eigenvalue weighted by Gasteiger charge is -2.33. The molecule has 0 unspecified atom stereocenters. The van der Waals surface area contributed by atoms with E-state index in [0.717, 1.165) is 81.1 Å². The van der Waals surface area contributed by atoms with Gasteiger partial charge in [-0.3, -0.25) is 9.89 Å². The molecule has 4 rings (SSSR count). The summed E-state index contributed by atoms with van der Waals surface area (Å²) in [5.74, 6) is 1.22. The van der Waals surface area contributed by atoms with Gasteiger partial charge in [-0.25, -0.2) is 0 Å². The molecular formula is C20H29N5O2. The van der Waals surface area contributed by atoms with Crippen molar-refractivity contribution in [2.45, 2.75) is 33.1 Å². The van der Waals surface area contributed by atoms with Crippen LogP contribution in [0.25, 0.3) is 11.3 Å². The third-order valence-electron chi connectivity index (χ3n) is 5.86. The van der Waals surface area contributed by atoms with Crippen LogP contribution in [0.5, 0.6) is 0 Å². The maximum absolute atomic E-state index is 12.6. The summed E-state index contributed by atoms with van der Waals surface area (Å²) >= 11 is 0. The van der Waals surface area contributed by atoms with E-state index in [0.29, 0.717) is 12.3 Å². The summed E-state index contributed by atoms with van der Waals surface area (Å²) < 4.78 is 5.92. The number of likely N-dealkylation sites (N-methyl/N-ethyl adjacent to an activating group) is 1. The number of H-pyrrole nitrogens is 1. The Labute approximate surface area is 160 Å².